The fourth-order valence-electron chi connectivity index (χ4n) is 4.10. The molecule has 0 radical (unpaired) electrons. The van der Waals surface area contributed by atoms with E-state index in [-0.39, 0.29) is 17.2 Å². The number of carbonyl (C=O) groups excluding carboxylic acids is 1. The van der Waals surface area contributed by atoms with E-state index in [1.807, 2.05) is 50.2 Å². The molecule has 0 unspecified atom stereocenters. The van der Waals surface area contributed by atoms with Crippen molar-refractivity contribution >= 4 is 17.4 Å². The molecule has 158 valence electrons. The lowest BCUT2D eigenvalue weighted by atomic mass is 9.78. The normalized spacial score (nSPS) is 16.7. The Morgan fingerprint density at radius 3 is 2.39 bits per heavy atom. The van der Waals surface area contributed by atoms with Crippen LogP contribution in [-0.4, -0.2) is 47.2 Å². The minimum atomic E-state index is -0.246. The fraction of sp³-hybridized carbons (Fsp3) is 0.333. The van der Waals surface area contributed by atoms with E-state index < -0.39 is 0 Å². The molecule has 3 aromatic rings. The van der Waals surface area contributed by atoms with Crippen LogP contribution in [0.1, 0.15) is 35.9 Å². The average Bonchev–Trinajstić information content (AvgIpc) is 2.73. The van der Waals surface area contributed by atoms with Crippen LogP contribution in [0.4, 0.5) is 11.5 Å². The Bertz CT molecular complexity index is 1090. The predicted octanol–water partition coefficient (Wildman–Crippen LogP) is 3.75. The summed E-state index contributed by atoms with van der Waals surface area (Å²) in [7, 11) is 0. The van der Waals surface area contributed by atoms with Gasteiger partial charge in [0, 0.05) is 43.2 Å². The van der Waals surface area contributed by atoms with Crippen molar-refractivity contribution in [2.24, 2.45) is 5.41 Å². The lowest BCUT2D eigenvalue weighted by Crippen LogP contribution is -2.66. The summed E-state index contributed by atoms with van der Waals surface area (Å²) in [6, 6.07) is 12.0. The number of hydrogen-bond donors (Lipinski definition) is 1. The van der Waals surface area contributed by atoms with Gasteiger partial charge in [0.2, 0.25) is 0 Å². The van der Waals surface area contributed by atoms with Gasteiger partial charge in [-0.15, -0.1) is 0 Å². The van der Waals surface area contributed by atoms with Crippen LogP contribution in [0, 0.1) is 5.41 Å². The molecule has 2 saturated heterocycles. The fourth-order valence-corrected chi connectivity index (χ4v) is 4.10. The summed E-state index contributed by atoms with van der Waals surface area (Å²) in [5, 5.41) is 3.10. The Morgan fingerprint density at radius 2 is 1.77 bits per heavy atom. The maximum atomic E-state index is 13.1. The number of nitrogens with zero attached hydrogens (tertiary/aromatic N) is 4. The summed E-state index contributed by atoms with van der Waals surface area (Å²) in [6.45, 7) is 7.40. The van der Waals surface area contributed by atoms with Crippen molar-refractivity contribution in [3.8, 4) is 11.1 Å². The first-order valence-electron chi connectivity index (χ1n) is 10.6. The molecule has 2 aliphatic heterocycles. The zero-order chi connectivity index (χ0) is 21.4. The predicted molar refractivity (Wildman–Crippen MR) is 119 cm³/mol. The highest BCUT2D eigenvalue weighted by atomic mass is 16.5. The Balaban J connectivity index is 1.48. The number of ether oxygens (including phenoxy) is 1. The largest absolute Gasteiger partial charge is 0.380 e. The molecule has 0 aliphatic carbocycles. The third-order valence-electron chi connectivity index (χ3n) is 5.87. The summed E-state index contributed by atoms with van der Waals surface area (Å²) in [5.41, 5.74) is 3.33. The van der Waals surface area contributed by atoms with Gasteiger partial charge in [-0.05, 0) is 11.6 Å². The van der Waals surface area contributed by atoms with Gasteiger partial charge in [-0.3, -0.25) is 4.79 Å². The molecule has 2 aromatic heterocycles. The maximum absolute atomic E-state index is 13.1. The lowest BCUT2D eigenvalue weighted by molar-refractivity contribution is -0.127. The molecule has 2 fully saturated rings. The second-order valence-corrected chi connectivity index (χ2v) is 8.71. The molecule has 4 heterocycles. The van der Waals surface area contributed by atoms with Crippen molar-refractivity contribution in [3.63, 3.8) is 0 Å². The van der Waals surface area contributed by atoms with Crippen molar-refractivity contribution in [1.82, 2.24) is 15.0 Å². The van der Waals surface area contributed by atoms with Crippen molar-refractivity contribution in [1.29, 1.82) is 0 Å². The molecule has 2 aliphatic rings. The standard InChI is InChI=1S/C24H25N5O2/c1-16(2)21-26-10-18(11-27-21)23(30)28-20-19(17-6-4-3-5-7-17)8-9-25-22(20)29-12-24(13-29)14-31-15-24/h3-11,16H,12-15H2,1-2H3,(H,28,30). The molecule has 5 rings (SSSR count). The van der Waals surface area contributed by atoms with Crippen LogP contribution in [0.25, 0.3) is 11.1 Å². The lowest BCUT2D eigenvalue weighted by Gasteiger charge is -2.55. The second-order valence-electron chi connectivity index (χ2n) is 8.71. The number of hydrogen-bond acceptors (Lipinski definition) is 6. The van der Waals surface area contributed by atoms with Crippen LogP contribution in [0.5, 0.6) is 0 Å². The minimum absolute atomic E-state index is 0.209. The zero-order valence-corrected chi connectivity index (χ0v) is 17.7. The van der Waals surface area contributed by atoms with E-state index >= 15 is 0 Å². The molecular weight excluding hydrogens is 390 g/mol. The number of benzene rings is 1. The van der Waals surface area contributed by atoms with Gasteiger partial charge < -0.3 is 15.0 Å². The number of carbonyl (C=O) groups is 1. The van der Waals surface area contributed by atoms with E-state index in [1.165, 1.54) is 0 Å². The first-order chi connectivity index (χ1) is 15.0. The van der Waals surface area contributed by atoms with E-state index in [2.05, 4.69) is 25.2 Å². The highest BCUT2D eigenvalue weighted by Gasteiger charge is 2.50. The van der Waals surface area contributed by atoms with Crippen molar-refractivity contribution in [3.05, 3.63) is 66.4 Å². The number of nitrogens with one attached hydrogen (secondary N) is 1. The van der Waals surface area contributed by atoms with Gasteiger partial charge in [0.05, 0.1) is 29.9 Å². The number of amides is 1. The van der Waals surface area contributed by atoms with Crippen LogP contribution >= 0.6 is 0 Å². The summed E-state index contributed by atoms with van der Waals surface area (Å²) < 4.78 is 5.41. The van der Waals surface area contributed by atoms with Crippen molar-refractivity contribution in [2.45, 2.75) is 19.8 Å². The third kappa shape index (κ3) is 3.65. The molecular formula is C24H25N5O2. The highest BCUT2D eigenvalue weighted by Crippen LogP contribution is 2.44. The van der Waals surface area contributed by atoms with E-state index in [4.69, 9.17) is 4.74 Å². The molecule has 31 heavy (non-hydrogen) atoms. The molecule has 1 N–H and O–H groups in total. The molecule has 7 nitrogen and oxygen atoms in total. The monoisotopic (exact) mass is 415 g/mol. The second kappa shape index (κ2) is 7.74. The van der Waals surface area contributed by atoms with E-state index in [9.17, 15) is 4.79 Å². The molecule has 1 aromatic carbocycles. The smallest absolute Gasteiger partial charge is 0.258 e. The number of rotatable bonds is 5. The zero-order valence-electron chi connectivity index (χ0n) is 17.7. The van der Waals surface area contributed by atoms with E-state index in [0.29, 0.717) is 11.3 Å². The summed E-state index contributed by atoms with van der Waals surface area (Å²) in [4.78, 5) is 28.6. The first kappa shape index (κ1) is 19.6. The quantitative estimate of drug-likeness (QED) is 0.684. The summed E-state index contributed by atoms with van der Waals surface area (Å²) >= 11 is 0. The van der Waals surface area contributed by atoms with E-state index in [0.717, 1.165) is 49.1 Å². The molecule has 1 spiro atoms. The van der Waals surface area contributed by atoms with Gasteiger partial charge in [0.1, 0.15) is 5.82 Å². The van der Waals surface area contributed by atoms with Crippen LogP contribution < -0.4 is 10.2 Å². The molecule has 1 amide bonds. The van der Waals surface area contributed by atoms with Gasteiger partial charge in [0.25, 0.3) is 5.91 Å². The number of aromatic nitrogens is 3. The third-order valence-corrected chi connectivity index (χ3v) is 5.87. The molecule has 0 atom stereocenters. The van der Waals surface area contributed by atoms with Crippen LogP contribution in [0.15, 0.2) is 55.0 Å². The van der Waals surface area contributed by atoms with E-state index in [1.54, 1.807) is 18.6 Å². The first-order valence-corrected chi connectivity index (χ1v) is 10.6. The van der Waals surface area contributed by atoms with Crippen LogP contribution in [0.3, 0.4) is 0 Å². The van der Waals surface area contributed by atoms with Gasteiger partial charge in [-0.2, -0.15) is 0 Å². The Morgan fingerprint density at radius 1 is 1.06 bits per heavy atom. The highest BCUT2D eigenvalue weighted by molar-refractivity contribution is 6.08. The van der Waals surface area contributed by atoms with Gasteiger partial charge >= 0.3 is 0 Å². The topological polar surface area (TPSA) is 80.2 Å². The van der Waals surface area contributed by atoms with Crippen LogP contribution in [0.2, 0.25) is 0 Å². The Hall–Kier alpha value is -3.32. The van der Waals surface area contributed by atoms with Gasteiger partial charge in [0.15, 0.2) is 5.82 Å². The minimum Gasteiger partial charge on any atom is -0.380 e. The molecule has 7 heteroatoms. The average molecular weight is 415 g/mol. The van der Waals surface area contributed by atoms with Crippen LogP contribution in [-0.2, 0) is 4.74 Å². The van der Waals surface area contributed by atoms with Gasteiger partial charge in [-0.25, -0.2) is 15.0 Å². The van der Waals surface area contributed by atoms with Crippen molar-refractivity contribution in [2.75, 3.05) is 36.5 Å². The Kier molecular flexibility index (Phi) is 4.90. The number of pyridine rings is 1. The Labute approximate surface area is 181 Å². The number of anilines is 2. The van der Waals surface area contributed by atoms with Crippen molar-refractivity contribution < 1.29 is 9.53 Å². The maximum Gasteiger partial charge on any atom is 0.258 e. The SMILES string of the molecule is CC(C)c1ncc(C(=O)Nc2c(-c3ccccc3)ccnc2N2CC3(COC3)C2)cn1. The summed E-state index contributed by atoms with van der Waals surface area (Å²) in [6.07, 6.45) is 4.97. The molecule has 0 bridgehead atoms. The summed E-state index contributed by atoms with van der Waals surface area (Å²) in [5.74, 6) is 1.47. The van der Waals surface area contributed by atoms with Gasteiger partial charge in [-0.1, -0.05) is 44.2 Å². The molecule has 0 saturated carbocycles.